The Hall–Kier alpha value is -1.55. The summed E-state index contributed by atoms with van der Waals surface area (Å²) in [7, 11) is 0. The van der Waals surface area contributed by atoms with E-state index >= 15 is 0 Å². The van der Waals surface area contributed by atoms with E-state index in [1.165, 1.54) is 38.0 Å². The van der Waals surface area contributed by atoms with Crippen molar-refractivity contribution in [1.29, 1.82) is 0 Å². The van der Waals surface area contributed by atoms with E-state index in [1.807, 2.05) is 6.92 Å². The van der Waals surface area contributed by atoms with Gasteiger partial charge in [-0.05, 0) is 64.8 Å². The number of anilines is 1. The summed E-state index contributed by atoms with van der Waals surface area (Å²) in [4.78, 5) is 10.4. The molecule has 1 saturated heterocycles. The lowest BCUT2D eigenvalue weighted by molar-refractivity contribution is 0.230. The van der Waals surface area contributed by atoms with Crippen LogP contribution in [0.5, 0.6) is 0 Å². The van der Waals surface area contributed by atoms with Gasteiger partial charge in [-0.2, -0.15) is 0 Å². The second-order valence-corrected chi connectivity index (χ2v) is 6.46. The molecular weight excluding hydrogens is 260 g/mol. The van der Waals surface area contributed by atoms with Crippen molar-refractivity contribution in [2.45, 2.75) is 52.1 Å². The Balaban J connectivity index is 1.67. The molecule has 1 aliphatic heterocycles. The van der Waals surface area contributed by atoms with Gasteiger partial charge in [0.25, 0.3) is 0 Å². The maximum atomic E-state index is 4.46. The van der Waals surface area contributed by atoms with Gasteiger partial charge >= 0.3 is 0 Å². The number of aromatic nitrogens is 2. The number of rotatable bonds is 3. The number of hydrogen-bond donors (Lipinski definition) is 2. The lowest BCUT2D eigenvalue weighted by Crippen LogP contribution is -2.32. The van der Waals surface area contributed by atoms with Gasteiger partial charge in [0.2, 0.25) is 0 Å². The molecule has 2 N–H and O–H groups in total. The molecule has 3 rings (SSSR count). The molecule has 2 heterocycles. The summed E-state index contributed by atoms with van der Waals surface area (Å²) < 4.78 is 0. The highest BCUT2D eigenvalue weighted by Gasteiger charge is 2.18. The molecule has 0 amide bonds. The van der Waals surface area contributed by atoms with E-state index in [-0.39, 0.29) is 0 Å². The lowest BCUT2D eigenvalue weighted by atomic mass is 10.1. The molecule has 2 aromatic rings. The predicted molar refractivity (Wildman–Crippen MR) is 88.8 cm³/mol. The van der Waals surface area contributed by atoms with Crippen molar-refractivity contribution in [1.82, 2.24) is 14.9 Å². The molecule has 1 aromatic heterocycles. The molecule has 0 radical (unpaired) electrons. The molecule has 0 aliphatic carbocycles. The summed E-state index contributed by atoms with van der Waals surface area (Å²) in [6.07, 6.45) is 3.75. The van der Waals surface area contributed by atoms with Crippen LogP contribution in [0.3, 0.4) is 0 Å². The summed E-state index contributed by atoms with van der Waals surface area (Å²) in [5, 5.41) is 3.71. The number of benzene rings is 1. The van der Waals surface area contributed by atoms with Gasteiger partial charge in [0.15, 0.2) is 0 Å². The highest BCUT2D eigenvalue weighted by Crippen LogP contribution is 2.21. The summed E-state index contributed by atoms with van der Waals surface area (Å²) in [5.74, 6) is 0.976. The number of hydrogen-bond acceptors (Lipinski definition) is 3. The van der Waals surface area contributed by atoms with E-state index in [2.05, 4.69) is 52.2 Å². The van der Waals surface area contributed by atoms with Crippen molar-refractivity contribution >= 4 is 16.7 Å². The summed E-state index contributed by atoms with van der Waals surface area (Å²) in [6.45, 7) is 9.01. The van der Waals surface area contributed by atoms with Crippen LogP contribution < -0.4 is 5.32 Å². The molecule has 0 saturated carbocycles. The number of aromatic amines is 1. The van der Waals surface area contributed by atoms with Crippen LogP contribution in [-0.4, -0.2) is 40.0 Å². The molecule has 1 aromatic carbocycles. The fraction of sp³-hybridized carbons (Fsp3) is 0.588. The zero-order chi connectivity index (χ0) is 14.8. The second-order valence-electron chi connectivity index (χ2n) is 6.46. The topological polar surface area (TPSA) is 44.0 Å². The Morgan fingerprint density at radius 2 is 2.14 bits per heavy atom. The van der Waals surface area contributed by atoms with Gasteiger partial charge in [-0.15, -0.1) is 0 Å². The average Bonchev–Trinajstić information content (AvgIpc) is 2.65. The van der Waals surface area contributed by atoms with E-state index in [9.17, 15) is 0 Å². The second kappa shape index (κ2) is 6.06. The van der Waals surface area contributed by atoms with Crippen LogP contribution in [0.1, 0.15) is 38.9 Å². The molecule has 21 heavy (non-hydrogen) atoms. The molecule has 1 aliphatic rings. The average molecular weight is 286 g/mol. The van der Waals surface area contributed by atoms with Crippen LogP contribution >= 0.6 is 0 Å². The standard InChI is InChI=1S/C17H26N4/c1-12(2)21-9-4-5-14(8-10-21)20-15-6-7-16-17(11-15)19-13(3)18-16/h6-7,11-12,14,20H,4-5,8-10H2,1-3H3,(H,18,19). The quantitative estimate of drug-likeness (QED) is 0.907. The number of nitrogens with zero attached hydrogens (tertiary/aromatic N) is 2. The van der Waals surface area contributed by atoms with Crippen LogP contribution in [0.15, 0.2) is 18.2 Å². The van der Waals surface area contributed by atoms with Crippen LogP contribution in [0, 0.1) is 6.92 Å². The fourth-order valence-electron chi connectivity index (χ4n) is 3.24. The van der Waals surface area contributed by atoms with Crippen molar-refractivity contribution in [2.75, 3.05) is 18.4 Å². The highest BCUT2D eigenvalue weighted by molar-refractivity contribution is 5.79. The molecular formula is C17H26N4. The van der Waals surface area contributed by atoms with Gasteiger partial charge in [0.05, 0.1) is 11.0 Å². The molecule has 4 heteroatoms. The minimum Gasteiger partial charge on any atom is -0.382 e. The van der Waals surface area contributed by atoms with Crippen LogP contribution in [0.25, 0.3) is 11.0 Å². The monoisotopic (exact) mass is 286 g/mol. The minimum absolute atomic E-state index is 0.579. The van der Waals surface area contributed by atoms with Crippen molar-refractivity contribution in [2.24, 2.45) is 0 Å². The number of likely N-dealkylation sites (tertiary alicyclic amines) is 1. The molecule has 0 bridgehead atoms. The van der Waals surface area contributed by atoms with E-state index in [0.717, 1.165) is 16.9 Å². The Kier molecular flexibility index (Phi) is 4.15. The summed E-state index contributed by atoms with van der Waals surface area (Å²) >= 11 is 0. The maximum absolute atomic E-state index is 4.46. The number of imidazole rings is 1. The van der Waals surface area contributed by atoms with E-state index in [4.69, 9.17) is 0 Å². The highest BCUT2D eigenvalue weighted by atomic mass is 15.1. The Morgan fingerprint density at radius 1 is 1.29 bits per heavy atom. The van der Waals surface area contributed by atoms with E-state index < -0.39 is 0 Å². The number of H-pyrrole nitrogens is 1. The zero-order valence-corrected chi connectivity index (χ0v) is 13.3. The van der Waals surface area contributed by atoms with Gasteiger partial charge in [-0.25, -0.2) is 4.98 Å². The SMILES string of the molecule is Cc1nc2ccc(NC3CCCN(C(C)C)CC3)cc2[nH]1. The third-order valence-corrected chi connectivity index (χ3v) is 4.46. The van der Waals surface area contributed by atoms with Gasteiger partial charge in [-0.1, -0.05) is 0 Å². The molecule has 0 spiro atoms. The van der Waals surface area contributed by atoms with Crippen molar-refractivity contribution in [3.8, 4) is 0 Å². The smallest absolute Gasteiger partial charge is 0.104 e. The van der Waals surface area contributed by atoms with Gasteiger partial charge in [0, 0.05) is 24.3 Å². The van der Waals surface area contributed by atoms with Crippen molar-refractivity contribution in [3.63, 3.8) is 0 Å². The lowest BCUT2D eigenvalue weighted by Gasteiger charge is -2.24. The van der Waals surface area contributed by atoms with Gasteiger partial charge in [-0.3, -0.25) is 0 Å². The Bertz CT molecular complexity index is 602. The first-order valence-corrected chi connectivity index (χ1v) is 8.09. The van der Waals surface area contributed by atoms with Crippen LogP contribution in [0.4, 0.5) is 5.69 Å². The predicted octanol–water partition coefficient (Wildman–Crippen LogP) is 3.55. The summed E-state index contributed by atoms with van der Waals surface area (Å²) in [6, 6.07) is 7.66. The Labute approximate surface area is 126 Å². The molecule has 4 nitrogen and oxygen atoms in total. The fourth-order valence-corrected chi connectivity index (χ4v) is 3.24. The van der Waals surface area contributed by atoms with Gasteiger partial charge < -0.3 is 15.2 Å². The first-order chi connectivity index (χ1) is 10.1. The third-order valence-electron chi connectivity index (χ3n) is 4.46. The van der Waals surface area contributed by atoms with Crippen LogP contribution in [-0.2, 0) is 0 Å². The van der Waals surface area contributed by atoms with Crippen LogP contribution in [0.2, 0.25) is 0 Å². The largest absolute Gasteiger partial charge is 0.382 e. The van der Waals surface area contributed by atoms with Gasteiger partial charge in [0.1, 0.15) is 5.82 Å². The molecule has 1 atom stereocenters. The van der Waals surface area contributed by atoms with Crippen molar-refractivity contribution in [3.05, 3.63) is 24.0 Å². The number of nitrogens with one attached hydrogen (secondary N) is 2. The normalized spacial score (nSPS) is 20.9. The van der Waals surface area contributed by atoms with Crippen molar-refractivity contribution < 1.29 is 0 Å². The van der Waals surface area contributed by atoms with E-state index in [0.29, 0.717) is 12.1 Å². The Morgan fingerprint density at radius 3 is 2.95 bits per heavy atom. The molecule has 1 fully saturated rings. The molecule has 1 unspecified atom stereocenters. The first kappa shape index (κ1) is 14.4. The third kappa shape index (κ3) is 3.38. The molecule has 114 valence electrons. The minimum atomic E-state index is 0.579. The first-order valence-electron chi connectivity index (χ1n) is 8.09. The summed E-state index contributed by atoms with van der Waals surface area (Å²) in [5.41, 5.74) is 3.37. The van der Waals surface area contributed by atoms with E-state index in [1.54, 1.807) is 0 Å². The number of fused-ring (bicyclic) bond motifs is 1. The number of aryl methyl sites for hydroxylation is 1. The maximum Gasteiger partial charge on any atom is 0.104 e. The zero-order valence-electron chi connectivity index (χ0n) is 13.3.